The molecule has 3 rings (SSSR count). The average molecular weight is 391 g/mol. The van der Waals surface area contributed by atoms with Crippen molar-refractivity contribution >= 4 is 23.2 Å². The largest absolute Gasteiger partial charge is 0.364 e. The molecule has 7 heteroatoms. The number of aliphatic hydroxyl groups excluding tert-OH is 1. The first-order chi connectivity index (χ1) is 14.0. The number of hydrogen-bond acceptors (Lipinski definition) is 5. The normalized spacial score (nSPS) is 15.6. The highest BCUT2D eigenvalue weighted by Crippen LogP contribution is 2.28. The fourth-order valence-corrected chi connectivity index (χ4v) is 3.02. The first-order valence-electron chi connectivity index (χ1n) is 9.16. The molecule has 1 aliphatic heterocycles. The molecule has 0 radical (unpaired) electrons. The van der Waals surface area contributed by atoms with Crippen molar-refractivity contribution in [2.45, 2.75) is 25.5 Å². The summed E-state index contributed by atoms with van der Waals surface area (Å²) in [5.41, 5.74) is 4.98. The number of unbranched alkanes of at least 4 members (excludes halogenated alkanes) is 1. The summed E-state index contributed by atoms with van der Waals surface area (Å²) in [6, 6.07) is 14.8. The Bertz CT molecular complexity index is 1010. The average Bonchev–Trinajstić information content (AvgIpc) is 2.84. The molecule has 0 bridgehead atoms. The molecular weight excluding hydrogens is 370 g/mol. The fraction of sp³-hybridized carbons (Fsp3) is 0.227. The second kappa shape index (κ2) is 9.15. The predicted octanol–water partition coefficient (Wildman–Crippen LogP) is 1.85. The molecule has 0 aromatic heterocycles. The van der Waals surface area contributed by atoms with Crippen LogP contribution in [-0.4, -0.2) is 41.1 Å². The zero-order valence-electron chi connectivity index (χ0n) is 15.9. The van der Waals surface area contributed by atoms with Gasteiger partial charge in [-0.25, -0.2) is 10.5 Å². The summed E-state index contributed by atoms with van der Waals surface area (Å²) in [6.07, 6.45) is -0.244. The van der Waals surface area contributed by atoms with Crippen LogP contribution in [0.2, 0.25) is 0 Å². The second-order valence-corrected chi connectivity index (χ2v) is 6.54. The maximum atomic E-state index is 12.4. The van der Waals surface area contributed by atoms with Gasteiger partial charge in [-0.2, -0.15) is 0 Å². The van der Waals surface area contributed by atoms with E-state index in [4.69, 9.17) is 5.21 Å². The topological polar surface area (TPSA) is 102 Å². The number of aliphatic imine (C=N–C) groups is 1. The number of nitrogens with zero attached hydrogens (tertiary/aromatic N) is 2. The summed E-state index contributed by atoms with van der Waals surface area (Å²) >= 11 is 0. The van der Waals surface area contributed by atoms with Crippen molar-refractivity contribution in [3.8, 4) is 11.8 Å². The molecule has 0 aliphatic carbocycles. The van der Waals surface area contributed by atoms with Gasteiger partial charge in [0.05, 0.1) is 11.4 Å². The van der Waals surface area contributed by atoms with Gasteiger partial charge in [0.15, 0.2) is 0 Å². The molecule has 148 valence electrons. The molecular formula is C22H21N3O4. The molecule has 2 amide bonds. The summed E-state index contributed by atoms with van der Waals surface area (Å²) in [5.74, 6) is 5.12. The lowest BCUT2D eigenvalue weighted by Crippen LogP contribution is -2.34. The molecule has 0 unspecified atom stereocenters. The predicted molar refractivity (Wildman–Crippen MR) is 109 cm³/mol. The van der Waals surface area contributed by atoms with Gasteiger partial charge in [-0.15, -0.1) is 0 Å². The van der Waals surface area contributed by atoms with E-state index in [0.717, 1.165) is 11.1 Å². The van der Waals surface area contributed by atoms with Gasteiger partial charge in [0, 0.05) is 36.6 Å². The molecule has 1 heterocycles. The van der Waals surface area contributed by atoms with E-state index in [1.54, 1.807) is 24.7 Å². The van der Waals surface area contributed by atoms with Crippen LogP contribution < -0.4 is 10.4 Å². The van der Waals surface area contributed by atoms with E-state index in [-0.39, 0.29) is 6.42 Å². The van der Waals surface area contributed by atoms with E-state index in [0.29, 0.717) is 29.8 Å². The number of rotatable bonds is 4. The van der Waals surface area contributed by atoms with E-state index < -0.39 is 18.0 Å². The number of aliphatic hydroxyl groups is 1. The molecule has 2 aromatic rings. The number of hydrogen-bond donors (Lipinski definition) is 3. The molecule has 0 fully saturated rings. The lowest BCUT2D eigenvalue weighted by molar-refractivity contribution is -0.129. The number of likely N-dealkylation sites (N-methyl/N-ethyl adjacent to an activating group) is 1. The van der Waals surface area contributed by atoms with Gasteiger partial charge in [-0.1, -0.05) is 42.2 Å². The zero-order valence-corrected chi connectivity index (χ0v) is 15.9. The molecule has 3 N–H and O–H groups in total. The van der Waals surface area contributed by atoms with Crippen LogP contribution in [0, 0.1) is 11.8 Å². The van der Waals surface area contributed by atoms with Crippen LogP contribution in [0.4, 0.5) is 5.69 Å². The van der Waals surface area contributed by atoms with E-state index in [1.807, 2.05) is 36.4 Å². The van der Waals surface area contributed by atoms with Crippen LogP contribution in [0.15, 0.2) is 53.5 Å². The molecule has 2 aromatic carbocycles. The van der Waals surface area contributed by atoms with Crippen molar-refractivity contribution in [1.29, 1.82) is 0 Å². The third-order valence-electron chi connectivity index (χ3n) is 4.53. The van der Waals surface area contributed by atoms with E-state index in [2.05, 4.69) is 16.8 Å². The highest BCUT2D eigenvalue weighted by atomic mass is 16.5. The van der Waals surface area contributed by atoms with Gasteiger partial charge in [0.25, 0.3) is 5.91 Å². The van der Waals surface area contributed by atoms with Crippen molar-refractivity contribution in [3.05, 3.63) is 65.2 Å². The standard InChI is InChI=1S/C22H21N3O4/c1-25-18-13-12-15(8-4-2-7-11-19(26)24-29)14-17(18)20(23-21(27)22(25)28)16-9-5-3-6-10-16/h3,5-6,9-10,12-14,21,27,29H,2,7,11H2,1H3,(H,24,26)/t21-/m1/s1. The number of fused-ring (bicyclic) bond motifs is 1. The smallest absolute Gasteiger partial charge is 0.278 e. The number of benzene rings is 2. The fourth-order valence-electron chi connectivity index (χ4n) is 3.02. The van der Waals surface area contributed by atoms with E-state index in [1.165, 1.54) is 4.90 Å². The summed E-state index contributed by atoms with van der Waals surface area (Å²) in [7, 11) is 1.60. The third kappa shape index (κ3) is 4.69. The number of carbonyl (C=O) groups excluding carboxylic acids is 2. The number of nitrogens with one attached hydrogen (secondary N) is 1. The molecule has 7 nitrogen and oxygen atoms in total. The summed E-state index contributed by atoms with van der Waals surface area (Å²) in [5, 5.41) is 18.7. The highest BCUT2D eigenvalue weighted by Gasteiger charge is 2.28. The molecule has 1 aliphatic rings. The van der Waals surface area contributed by atoms with Crippen molar-refractivity contribution in [2.75, 3.05) is 11.9 Å². The Morgan fingerprint density at radius 1 is 1.24 bits per heavy atom. The van der Waals surface area contributed by atoms with Crippen LogP contribution in [0.5, 0.6) is 0 Å². The first-order valence-corrected chi connectivity index (χ1v) is 9.16. The van der Waals surface area contributed by atoms with Crippen molar-refractivity contribution in [3.63, 3.8) is 0 Å². The van der Waals surface area contributed by atoms with E-state index >= 15 is 0 Å². The Balaban J connectivity index is 1.94. The molecule has 0 saturated carbocycles. The lowest BCUT2D eigenvalue weighted by atomic mass is 9.98. The maximum absolute atomic E-state index is 12.4. The van der Waals surface area contributed by atoms with Crippen molar-refractivity contribution in [2.24, 2.45) is 4.99 Å². The molecule has 29 heavy (non-hydrogen) atoms. The minimum atomic E-state index is -1.48. The zero-order chi connectivity index (χ0) is 20.8. The van der Waals surface area contributed by atoms with E-state index in [9.17, 15) is 14.7 Å². The second-order valence-electron chi connectivity index (χ2n) is 6.54. The van der Waals surface area contributed by atoms with Crippen LogP contribution in [0.1, 0.15) is 36.0 Å². The van der Waals surface area contributed by atoms with Crippen molar-refractivity contribution < 1.29 is 19.9 Å². The molecule has 0 saturated heterocycles. The number of carbonyl (C=O) groups is 2. The summed E-state index contributed by atoms with van der Waals surface area (Å²) in [6.45, 7) is 0. The van der Waals surface area contributed by atoms with Gasteiger partial charge in [-0.3, -0.25) is 14.8 Å². The minimum absolute atomic E-state index is 0.199. The number of anilines is 1. The Morgan fingerprint density at radius 3 is 2.72 bits per heavy atom. The van der Waals surface area contributed by atoms with Gasteiger partial charge in [-0.05, 0) is 24.6 Å². The molecule has 1 atom stereocenters. The number of hydroxylamine groups is 1. The van der Waals surface area contributed by atoms with Crippen LogP contribution >= 0.6 is 0 Å². The van der Waals surface area contributed by atoms with Crippen LogP contribution in [0.25, 0.3) is 0 Å². The number of benzodiazepines with no additional fused rings is 1. The summed E-state index contributed by atoms with van der Waals surface area (Å²) < 4.78 is 0. The van der Waals surface area contributed by atoms with Gasteiger partial charge < -0.3 is 10.0 Å². The number of amides is 2. The highest BCUT2D eigenvalue weighted by molar-refractivity contribution is 6.20. The van der Waals surface area contributed by atoms with Crippen molar-refractivity contribution in [1.82, 2.24) is 5.48 Å². The van der Waals surface area contributed by atoms with Crippen LogP contribution in [-0.2, 0) is 9.59 Å². The summed E-state index contributed by atoms with van der Waals surface area (Å²) in [4.78, 5) is 29.1. The molecule has 0 spiro atoms. The Labute approximate surface area is 168 Å². The Morgan fingerprint density at radius 2 is 2.00 bits per heavy atom. The SMILES string of the molecule is CN1C(=O)[C@@H](O)N=C(c2ccccc2)c2cc(C#CCCCC(=O)NO)ccc21. The Hall–Kier alpha value is -3.47. The van der Waals surface area contributed by atoms with Gasteiger partial charge >= 0.3 is 0 Å². The van der Waals surface area contributed by atoms with Gasteiger partial charge in [0.1, 0.15) is 0 Å². The van der Waals surface area contributed by atoms with Gasteiger partial charge in [0.2, 0.25) is 12.1 Å². The lowest BCUT2D eigenvalue weighted by Gasteiger charge is -2.19. The van der Waals surface area contributed by atoms with Crippen LogP contribution in [0.3, 0.4) is 0 Å². The minimum Gasteiger partial charge on any atom is -0.364 e. The third-order valence-corrected chi connectivity index (χ3v) is 4.53. The first kappa shape index (κ1) is 20.3. The quantitative estimate of drug-likeness (QED) is 0.320. The monoisotopic (exact) mass is 391 g/mol. The maximum Gasteiger partial charge on any atom is 0.278 e. The Kier molecular flexibility index (Phi) is 6.39.